The number of hydrazine groups is 1. The Labute approximate surface area is 123 Å². The molecular weight excluding hydrogens is 272 g/mol. The van der Waals surface area contributed by atoms with Gasteiger partial charge in [0.1, 0.15) is 0 Å². The van der Waals surface area contributed by atoms with Crippen molar-refractivity contribution in [1.82, 2.24) is 5.01 Å². The summed E-state index contributed by atoms with van der Waals surface area (Å²) in [4.78, 5) is 11.7. The molecule has 2 N–H and O–H groups in total. The van der Waals surface area contributed by atoms with Crippen LogP contribution in [0.2, 0.25) is 25.7 Å². The van der Waals surface area contributed by atoms with E-state index in [1.165, 1.54) is 5.01 Å². The van der Waals surface area contributed by atoms with Crippen LogP contribution in [0, 0.1) is 5.92 Å². The number of ether oxygens (including phenoxy) is 2. The predicted molar refractivity (Wildman–Crippen MR) is 83.1 cm³/mol. The Morgan fingerprint density at radius 3 is 2.55 bits per heavy atom. The predicted octanol–water partition coefficient (Wildman–Crippen LogP) is 2.84. The Kier molecular flexibility index (Phi) is 6.98. The van der Waals surface area contributed by atoms with Crippen molar-refractivity contribution in [2.75, 3.05) is 20.3 Å². The molecule has 1 amide bonds. The molecule has 0 atom stereocenters. The van der Waals surface area contributed by atoms with Gasteiger partial charge in [-0.25, -0.2) is 15.6 Å². The Morgan fingerprint density at radius 2 is 2.00 bits per heavy atom. The molecule has 0 unspecified atom stereocenters. The molecule has 0 aromatic carbocycles. The number of amides is 1. The summed E-state index contributed by atoms with van der Waals surface area (Å²) in [7, 11) is 0.608. The van der Waals surface area contributed by atoms with Gasteiger partial charge in [-0.15, -0.1) is 0 Å². The van der Waals surface area contributed by atoms with E-state index < -0.39 is 14.2 Å². The zero-order valence-corrected chi connectivity index (χ0v) is 14.4. The highest BCUT2D eigenvalue weighted by Crippen LogP contribution is 2.32. The van der Waals surface area contributed by atoms with Crippen molar-refractivity contribution in [2.45, 2.75) is 57.5 Å². The Morgan fingerprint density at radius 1 is 1.35 bits per heavy atom. The summed E-state index contributed by atoms with van der Waals surface area (Å²) in [5.41, 5.74) is 0. The Balaban J connectivity index is 2.04. The number of hydrogen-bond donors (Lipinski definition) is 1. The van der Waals surface area contributed by atoms with Gasteiger partial charge in [0, 0.05) is 21.7 Å². The fraction of sp³-hybridized carbons (Fsp3) is 0.929. The molecule has 0 saturated heterocycles. The maximum atomic E-state index is 11.7. The van der Waals surface area contributed by atoms with Crippen molar-refractivity contribution in [2.24, 2.45) is 11.8 Å². The van der Waals surface area contributed by atoms with Gasteiger partial charge in [-0.2, -0.15) is 0 Å². The van der Waals surface area contributed by atoms with E-state index in [9.17, 15) is 4.79 Å². The first-order valence-electron chi connectivity index (χ1n) is 7.53. The van der Waals surface area contributed by atoms with Crippen molar-refractivity contribution in [1.29, 1.82) is 0 Å². The minimum Gasteiger partial charge on any atom is -0.449 e. The average molecular weight is 302 g/mol. The highest BCUT2D eigenvalue weighted by molar-refractivity contribution is 6.76. The summed E-state index contributed by atoms with van der Waals surface area (Å²) in [5.74, 6) is 6.44. The molecule has 0 aromatic heterocycles. The van der Waals surface area contributed by atoms with E-state index in [1.807, 2.05) is 0 Å². The van der Waals surface area contributed by atoms with Gasteiger partial charge >= 0.3 is 6.09 Å². The second-order valence-electron chi connectivity index (χ2n) is 6.96. The van der Waals surface area contributed by atoms with Gasteiger partial charge in [-0.1, -0.05) is 19.6 Å². The number of carbonyl (C=O) groups is 1. The van der Waals surface area contributed by atoms with E-state index in [4.69, 9.17) is 15.3 Å². The lowest BCUT2D eigenvalue weighted by atomic mass is 9.79. The fourth-order valence-corrected chi connectivity index (χ4v) is 2.99. The highest BCUT2D eigenvalue weighted by Gasteiger charge is 2.28. The Bertz CT molecular complexity index is 301. The smallest absolute Gasteiger partial charge is 0.424 e. The van der Waals surface area contributed by atoms with Crippen LogP contribution in [0.15, 0.2) is 0 Å². The fourth-order valence-electron chi connectivity index (χ4n) is 2.27. The molecule has 6 heteroatoms. The van der Waals surface area contributed by atoms with Crippen LogP contribution in [0.5, 0.6) is 0 Å². The molecule has 1 aliphatic carbocycles. The Hall–Kier alpha value is -0.593. The van der Waals surface area contributed by atoms with Crippen molar-refractivity contribution >= 4 is 14.2 Å². The minimum absolute atomic E-state index is 0.397. The van der Waals surface area contributed by atoms with E-state index in [2.05, 4.69) is 19.6 Å². The molecule has 0 aliphatic heterocycles. The van der Waals surface area contributed by atoms with Gasteiger partial charge in [0.25, 0.3) is 0 Å². The zero-order valence-electron chi connectivity index (χ0n) is 13.4. The summed E-state index contributed by atoms with van der Waals surface area (Å²) in [6.45, 7) is 7.83. The van der Waals surface area contributed by atoms with Gasteiger partial charge in [-0.05, 0) is 37.6 Å². The van der Waals surface area contributed by atoms with Gasteiger partial charge in [0.2, 0.25) is 0 Å². The molecule has 0 heterocycles. The first kappa shape index (κ1) is 17.5. The lowest BCUT2D eigenvalue weighted by Crippen LogP contribution is -2.39. The van der Waals surface area contributed by atoms with Crippen LogP contribution in [0.3, 0.4) is 0 Å². The summed E-state index contributed by atoms with van der Waals surface area (Å²) in [6, 6.07) is 0.979. The second-order valence-corrected chi connectivity index (χ2v) is 12.6. The topological polar surface area (TPSA) is 64.8 Å². The van der Waals surface area contributed by atoms with Crippen molar-refractivity contribution in [3.63, 3.8) is 0 Å². The molecule has 0 spiro atoms. The molecule has 20 heavy (non-hydrogen) atoms. The third-order valence-corrected chi connectivity index (χ3v) is 5.55. The quantitative estimate of drug-likeness (QED) is 0.324. The van der Waals surface area contributed by atoms with E-state index in [1.54, 1.807) is 7.11 Å². The number of methoxy groups -OCH3 is 1. The van der Waals surface area contributed by atoms with Crippen LogP contribution in [-0.2, 0) is 9.47 Å². The van der Waals surface area contributed by atoms with E-state index in [0.29, 0.717) is 19.3 Å². The molecular formula is C14H30N2O3Si. The van der Waals surface area contributed by atoms with Crippen molar-refractivity contribution < 1.29 is 14.3 Å². The number of nitrogens with zero attached hydrogens (tertiary/aromatic N) is 1. The summed E-state index contributed by atoms with van der Waals surface area (Å²) >= 11 is 0. The second kappa shape index (κ2) is 8.00. The summed E-state index contributed by atoms with van der Waals surface area (Å²) in [5, 5.41) is 1.21. The van der Waals surface area contributed by atoms with Gasteiger partial charge < -0.3 is 9.47 Å². The lowest BCUT2D eigenvalue weighted by molar-refractivity contribution is -0.00291. The lowest BCUT2D eigenvalue weighted by Gasteiger charge is -2.34. The highest BCUT2D eigenvalue weighted by atomic mass is 28.3. The standard InChI is InChI=1S/C14H30N2O3Si/c1-18-13-10-12(11-13)6-5-7-16(15)14(17)19-8-9-20(2,3)4/h12-13H,5-11,15H2,1-4H3. The maximum Gasteiger partial charge on any atom is 0.424 e. The average Bonchev–Trinajstić information content (AvgIpc) is 2.29. The van der Waals surface area contributed by atoms with Crippen LogP contribution >= 0.6 is 0 Å². The van der Waals surface area contributed by atoms with E-state index in [-0.39, 0.29) is 0 Å². The molecule has 1 fully saturated rings. The van der Waals surface area contributed by atoms with Crippen LogP contribution in [0.4, 0.5) is 4.79 Å². The molecule has 1 rings (SSSR count). The first-order chi connectivity index (χ1) is 9.31. The van der Waals surface area contributed by atoms with Crippen molar-refractivity contribution in [3.05, 3.63) is 0 Å². The van der Waals surface area contributed by atoms with Gasteiger partial charge in [0.05, 0.1) is 12.7 Å². The van der Waals surface area contributed by atoms with Crippen molar-refractivity contribution in [3.8, 4) is 0 Å². The molecule has 5 nitrogen and oxygen atoms in total. The number of rotatable bonds is 8. The number of hydrogen-bond acceptors (Lipinski definition) is 4. The molecule has 118 valence electrons. The van der Waals surface area contributed by atoms with Crippen LogP contribution in [-0.4, -0.2) is 45.5 Å². The molecule has 0 radical (unpaired) electrons. The maximum absolute atomic E-state index is 11.7. The van der Waals surface area contributed by atoms with Gasteiger partial charge in [0.15, 0.2) is 0 Å². The third-order valence-electron chi connectivity index (χ3n) is 3.85. The molecule has 0 aromatic rings. The summed E-state index contributed by atoms with van der Waals surface area (Å²) in [6.07, 6.45) is 4.37. The zero-order chi connectivity index (χ0) is 15.2. The SMILES string of the molecule is COC1CC(CCCN(N)C(=O)OCC[Si](C)(C)C)C1. The molecule has 1 aliphatic rings. The third kappa shape index (κ3) is 6.72. The van der Waals surface area contributed by atoms with Crippen LogP contribution < -0.4 is 5.84 Å². The largest absolute Gasteiger partial charge is 0.449 e. The van der Waals surface area contributed by atoms with E-state index >= 15 is 0 Å². The van der Waals surface area contributed by atoms with Crippen LogP contribution in [0.1, 0.15) is 25.7 Å². The molecule has 0 bridgehead atoms. The first-order valence-corrected chi connectivity index (χ1v) is 11.2. The van der Waals surface area contributed by atoms with Crippen LogP contribution in [0.25, 0.3) is 0 Å². The van der Waals surface area contributed by atoms with Gasteiger partial charge in [-0.3, -0.25) is 0 Å². The number of carbonyl (C=O) groups excluding carboxylic acids is 1. The minimum atomic E-state index is -1.16. The van der Waals surface area contributed by atoms with E-state index in [0.717, 1.165) is 37.6 Å². The normalized spacial score (nSPS) is 22.2. The summed E-state index contributed by atoms with van der Waals surface area (Å²) < 4.78 is 10.4. The monoisotopic (exact) mass is 302 g/mol. The number of nitrogens with two attached hydrogens (primary N) is 1. The molecule has 1 saturated carbocycles.